The summed E-state index contributed by atoms with van der Waals surface area (Å²) in [6, 6.07) is 17.8. The SMILES string of the molecule is COc1ccccc1NC(=O)c1ccc(-c2ccc(S(=O)(=O)N3CCCC3)s2)cc1. The first-order valence-electron chi connectivity index (χ1n) is 9.64. The Morgan fingerprint density at radius 1 is 1.00 bits per heavy atom. The van der Waals surface area contributed by atoms with Gasteiger partial charge in [0.2, 0.25) is 0 Å². The molecule has 1 saturated heterocycles. The van der Waals surface area contributed by atoms with E-state index in [-0.39, 0.29) is 5.91 Å². The molecule has 156 valence electrons. The van der Waals surface area contributed by atoms with Crippen LogP contribution in [0.25, 0.3) is 10.4 Å². The van der Waals surface area contributed by atoms with E-state index in [0.29, 0.717) is 34.3 Å². The van der Waals surface area contributed by atoms with Gasteiger partial charge in [-0.25, -0.2) is 8.42 Å². The van der Waals surface area contributed by atoms with Crippen LogP contribution in [-0.2, 0) is 10.0 Å². The Kier molecular flexibility index (Phi) is 5.90. The van der Waals surface area contributed by atoms with Gasteiger partial charge in [0.05, 0.1) is 12.8 Å². The van der Waals surface area contributed by atoms with Crippen LogP contribution in [-0.4, -0.2) is 38.8 Å². The molecule has 1 aliphatic rings. The van der Waals surface area contributed by atoms with Gasteiger partial charge in [0.1, 0.15) is 9.96 Å². The quantitative estimate of drug-likeness (QED) is 0.612. The highest BCUT2D eigenvalue weighted by atomic mass is 32.2. The number of carbonyl (C=O) groups excluding carboxylic acids is 1. The number of methoxy groups -OCH3 is 1. The van der Waals surface area contributed by atoms with Crippen molar-refractivity contribution in [1.29, 1.82) is 0 Å². The number of nitrogens with one attached hydrogen (secondary N) is 1. The zero-order valence-corrected chi connectivity index (χ0v) is 18.1. The van der Waals surface area contributed by atoms with E-state index in [1.165, 1.54) is 11.3 Å². The lowest BCUT2D eigenvalue weighted by molar-refractivity contribution is 0.102. The smallest absolute Gasteiger partial charge is 0.255 e. The maximum Gasteiger partial charge on any atom is 0.255 e. The van der Waals surface area contributed by atoms with Crippen molar-refractivity contribution in [2.75, 3.05) is 25.5 Å². The predicted molar refractivity (Wildman–Crippen MR) is 119 cm³/mol. The molecule has 1 amide bonds. The lowest BCUT2D eigenvalue weighted by Crippen LogP contribution is -2.27. The Hall–Kier alpha value is -2.68. The van der Waals surface area contributed by atoms with Gasteiger partial charge >= 0.3 is 0 Å². The number of para-hydroxylation sites is 2. The van der Waals surface area contributed by atoms with E-state index in [9.17, 15) is 13.2 Å². The normalized spacial score (nSPS) is 14.6. The first-order valence-corrected chi connectivity index (χ1v) is 11.9. The van der Waals surface area contributed by atoms with E-state index in [4.69, 9.17) is 4.74 Å². The molecule has 0 radical (unpaired) electrons. The van der Waals surface area contributed by atoms with Crippen LogP contribution in [0, 0.1) is 0 Å². The molecule has 1 aliphatic heterocycles. The molecule has 4 rings (SSSR count). The third-order valence-electron chi connectivity index (χ3n) is 5.03. The molecule has 1 N–H and O–H groups in total. The largest absolute Gasteiger partial charge is 0.495 e. The molecular weight excluding hydrogens is 420 g/mol. The number of nitrogens with zero attached hydrogens (tertiary/aromatic N) is 1. The number of ether oxygens (including phenoxy) is 1. The summed E-state index contributed by atoms with van der Waals surface area (Å²) in [5.74, 6) is 0.349. The zero-order valence-electron chi connectivity index (χ0n) is 16.5. The molecule has 30 heavy (non-hydrogen) atoms. The zero-order chi connectivity index (χ0) is 21.1. The van der Waals surface area contributed by atoms with Crippen molar-refractivity contribution in [3.8, 4) is 16.2 Å². The summed E-state index contributed by atoms with van der Waals surface area (Å²) in [5.41, 5.74) is 1.98. The second-order valence-electron chi connectivity index (χ2n) is 6.96. The van der Waals surface area contributed by atoms with E-state index in [1.54, 1.807) is 41.7 Å². The highest BCUT2D eigenvalue weighted by molar-refractivity contribution is 7.91. The van der Waals surface area contributed by atoms with E-state index < -0.39 is 10.0 Å². The van der Waals surface area contributed by atoms with Gasteiger partial charge in [-0.2, -0.15) is 4.31 Å². The van der Waals surface area contributed by atoms with Crippen molar-refractivity contribution in [3.05, 3.63) is 66.2 Å². The number of anilines is 1. The van der Waals surface area contributed by atoms with Gasteiger partial charge < -0.3 is 10.1 Å². The summed E-state index contributed by atoms with van der Waals surface area (Å²) >= 11 is 1.25. The molecule has 3 aromatic rings. The minimum Gasteiger partial charge on any atom is -0.495 e. The Labute approximate surface area is 180 Å². The Morgan fingerprint density at radius 2 is 1.70 bits per heavy atom. The lowest BCUT2D eigenvalue weighted by atomic mass is 10.1. The van der Waals surface area contributed by atoms with Gasteiger partial charge in [-0.15, -0.1) is 11.3 Å². The Morgan fingerprint density at radius 3 is 2.40 bits per heavy atom. The second-order valence-corrected chi connectivity index (χ2v) is 10.2. The molecule has 0 bridgehead atoms. The molecule has 8 heteroatoms. The average molecular weight is 443 g/mol. The first-order chi connectivity index (χ1) is 14.5. The number of hydrogen-bond donors (Lipinski definition) is 1. The Bertz CT molecular complexity index is 1150. The van der Waals surface area contributed by atoms with Gasteiger partial charge in [0.25, 0.3) is 15.9 Å². The predicted octanol–water partition coefficient (Wildman–Crippen LogP) is 4.46. The topological polar surface area (TPSA) is 75.7 Å². The second kappa shape index (κ2) is 8.59. The molecule has 2 aromatic carbocycles. The van der Waals surface area contributed by atoms with Gasteiger partial charge in [0, 0.05) is 23.5 Å². The van der Waals surface area contributed by atoms with Crippen LogP contribution >= 0.6 is 11.3 Å². The van der Waals surface area contributed by atoms with Crippen LogP contribution in [0.3, 0.4) is 0 Å². The third kappa shape index (κ3) is 4.12. The molecule has 6 nitrogen and oxygen atoms in total. The first kappa shape index (κ1) is 20.6. The Balaban J connectivity index is 1.50. The van der Waals surface area contributed by atoms with Gasteiger partial charge in [-0.05, 0) is 54.8 Å². The average Bonchev–Trinajstić information content (AvgIpc) is 3.47. The molecule has 0 spiro atoms. The van der Waals surface area contributed by atoms with E-state index in [0.717, 1.165) is 23.3 Å². The number of carbonyl (C=O) groups is 1. The minimum absolute atomic E-state index is 0.241. The van der Waals surface area contributed by atoms with Crippen LogP contribution in [0.2, 0.25) is 0 Å². The molecule has 2 heterocycles. The summed E-state index contributed by atoms with van der Waals surface area (Å²) in [7, 11) is -1.86. The monoisotopic (exact) mass is 442 g/mol. The standard InChI is InChI=1S/C22H22N2O4S2/c1-28-19-7-3-2-6-18(19)23-22(25)17-10-8-16(9-11-17)20-12-13-21(29-20)30(26,27)24-14-4-5-15-24/h2-3,6-13H,4-5,14-15H2,1H3,(H,23,25). The van der Waals surface area contributed by atoms with Crippen LogP contribution in [0.1, 0.15) is 23.2 Å². The number of hydrogen-bond acceptors (Lipinski definition) is 5. The number of benzene rings is 2. The fourth-order valence-electron chi connectivity index (χ4n) is 3.40. The summed E-state index contributed by atoms with van der Waals surface area (Å²) < 4.78 is 32.6. The van der Waals surface area contributed by atoms with Crippen LogP contribution < -0.4 is 10.1 Å². The highest BCUT2D eigenvalue weighted by Crippen LogP contribution is 2.33. The van der Waals surface area contributed by atoms with Crippen molar-refractivity contribution in [3.63, 3.8) is 0 Å². The summed E-state index contributed by atoms with van der Waals surface area (Å²) in [5, 5.41) is 2.85. The number of thiophene rings is 1. The molecule has 0 aliphatic carbocycles. The van der Waals surface area contributed by atoms with Crippen molar-refractivity contribution >= 4 is 33.0 Å². The minimum atomic E-state index is -3.41. The maximum absolute atomic E-state index is 12.7. The molecule has 0 atom stereocenters. The number of rotatable bonds is 6. The molecule has 1 aromatic heterocycles. The third-order valence-corrected chi connectivity index (χ3v) is 8.53. The number of amides is 1. The van der Waals surface area contributed by atoms with Crippen molar-refractivity contribution < 1.29 is 17.9 Å². The van der Waals surface area contributed by atoms with Crippen LogP contribution in [0.5, 0.6) is 5.75 Å². The van der Waals surface area contributed by atoms with Crippen molar-refractivity contribution in [2.24, 2.45) is 0 Å². The van der Waals surface area contributed by atoms with E-state index in [2.05, 4.69) is 5.32 Å². The fourth-order valence-corrected chi connectivity index (χ4v) is 6.38. The van der Waals surface area contributed by atoms with Crippen molar-refractivity contribution in [2.45, 2.75) is 17.1 Å². The summed E-state index contributed by atoms with van der Waals surface area (Å²) in [6.45, 7) is 1.18. The van der Waals surface area contributed by atoms with Gasteiger partial charge in [-0.1, -0.05) is 24.3 Å². The van der Waals surface area contributed by atoms with E-state index >= 15 is 0 Å². The molecule has 0 unspecified atom stereocenters. The maximum atomic E-state index is 12.7. The van der Waals surface area contributed by atoms with Crippen molar-refractivity contribution in [1.82, 2.24) is 4.31 Å². The van der Waals surface area contributed by atoms with Gasteiger partial charge in [0.15, 0.2) is 0 Å². The molecule has 1 fully saturated rings. The summed E-state index contributed by atoms with van der Waals surface area (Å²) in [4.78, 5) is 13.4. The fraction of sp³-hybridized carbons (Fsp3) is 0.227. The van der Waals surface area contributed by atoms with Crippen LogP contribution in [0.15, 0.2) is 64.9 Å². The van der Waals surface area contributed by atoms with Gasteiger partial charge in [-0.3, -0.25) is 4.79 Å². The molecule has 0 saturated carbocycles. The highest BCUT2D eigenvalue weighted by Gasteiger charge is 2.28. The molecular formula is C22H22N2O4S2. The van der Waals surface area contributed by atoms with E-state index in [1.807, 2.05) is 30.3 Å². The number of sulfonamides is 1. The summed E-state index contributed by atoms with van der Waals surface area (Å²) in [6.07, 6.45) is 1.83. The van der Waals surface area contributed by atoms with Crippen LogP contribution in [0.4, 0.5) is 5.69 Å². The lowest BCUT2D eigenvalue weighted by Gasteiger charge is -2.13.